The van der Waals surface area contributed by atoms with Gasteiger partial charge in [-0.3, -0.25) is 13.8 Å². The van der Waals surface area contributed by atoms with Crippen LogP contribution in [0.5, 0.6) is 0 Å². The van der Waals surface area contributed by atoms with E-state index in [0.29, 0.717) is 24.6 Å². The lowest BCUT2D eigenvalue weighted by atomic mass is 10.1. The highest BCUT2D eigenvalue weighted by molar-refractivity contribution is 7.86. The van der Waals surface area contributed by atoms with Crippen LogP contribution in [-0.2, 0) is 25.1 Å². The van der Waals surface area contributed by atoms with Crippen molar-refractivity contribution in [3.05, 3.63) is 0 Å². The van der Waals surface area contributed by atoms with Gasteiger partial charge >= 0.3 is 5.97 Å². The quantitative estimate of drug-likeness (QED) is 0.685. The number of nitrogens with one attached hydrogen (secondary N) is 1. The fourth-order valence-corrected chi connectivity index (χ4v) is 3.49. The molecular weight excluding hydrogens is 278 g/mol. The zero-order valence-corrected chi connectivity index (χ0v) is 13.5. The van der Waals surface area contributed by atoms with Gasteiger partial charge < -0.3 is 10.1 Å². The molecule has 1 amide bonds. The summed E-state index contributed by atoms with van der Waals surface area (Å²) in [4.78, 5) is 23.2. The van der Waals surface area contributed by atoms with E-state index in [9.17, 15) is 13.8 Å². The van der Waals surface area contributed by atoms with Gasteiger partial charge in [0.05, 0.1) is 13.5 Å². The minimum atomic E-state index is -1.25. The molecule has 0 aromatic heterocycles. The predicted molar refractivity (Wildman–Crippen MR) is 78.6 cm³/mol. The predicted octanol–water partition coefficient (Wildman–Crippen LogP) is 1.24. The minimum absolute atomic E-state index is 0.175. The average Bonchev–Trinajstić information content (AvgIpc) is 3.13. The monoisotopic (exact) mass is 303 g/mol. The van der Waals surface area contributed by atoms with Crippen molar-refractivity contribution in [2.75, 3.05) is 19.4 Å². The molecule has 0 heterocycles. The Balaban J connectivity index is 2.45. The molecule has 0 spiro atoms. The molecule has 116 valence electrons. The van der Waals surface area contributed by atoms with Gasteiger partial charge in [-0.25, -0.2) is 0 Å². The van der Waals surface area contributed by atoms with Crippen LogP contribution in [0.4, 0.5) is 0 Å². The smallest absolute Gasteiger partial charge is 0.306 e. The Kier molecular flexibility index (Phi) is 6.17. The molecule has 0 bridgehead atoms. The van der Waals surface area contributed by atoms with Gasteiger partial charge in [-0.1, -0.05) is 13.8 Å². The molecule has 1 N–H and O–H groups in total. The molecule has 0 aliphatic heterocycles. The van der Waals surface area contributed by atoms with E-state index in [4.69, 9.17) is 0 Å². The summed E-state index contributed by atoms with van der Waals surface area (Å²) >= 11 is 0. The molecule has 0 aromatic rings. The van der Waals surface area contributed by atoms with E-state index in [0.717, 1.165) is 12.8 Å². The summed E-state index contributed by atoms with van der Waals surface area (Å²) in [6.45, 7) is 6.29. The zero-order valence-electron chi connectivity index (χ0n) is 12.7. The maximum Gasteiger partial charge on any atom is 0.306 e. The Morgan fingerprint density at radius 1 is 1.30 bits per heavy atom. The minimum Gasteiger partial charge on any atom is -0.469 e. The number of hydrogen-bond acceptors (Lipinski definition) is 4. The van der Waals surface area contributed by atoms with E-state index in [1.807, 2.05) is 13.8 Å². The third-order valence-electron chi connectivity index (χ3n) is 3.60. The van der Waals surface area contributed by atoms with Crippen LogP contribution in [0.2, 0.25) is 0 Å². The van der Waals surface area contributed by atoms with Gasteiger partial charge in [0, 0.05) is 23.1 Å². The van der Waals surface area contributed by atoms with Crippen LogP contribution in [0, 0.1) is 11.3 Å². The van der Waals surface area contributed by atoms with Gasteiger partial charge in [-0.15, -0.1) is 0 Å². The number of rotatable bonds is 8. The Morgan fingerprint density at radius 2 is 1.90 bits per heavy atom. The highest BCUT2D eigenvalue weighted by atomic mass is 32.2. The number of esters is 1. The number of carbonyl (C=O) groups is 2. The normalized spacial score (nSPS) is 19.2. The van der Waals surface area contributed by atoms with Gasteiger partial charge in [0.2, 0.25) is 5.91 Å². The molecule has 0 aromatic carbocycles. The second-order valence-corrected chi connectivity index (χ2v) is 7.82. The van der Waals surface area contributed by atoms with Crippen LogP contribution < -0.4 is 5.32 Å². The maximum atomic E-state index is 12.3. The fraction of sp³-hybridized carbons (Fsp3) is 0.857. The fourth-order valence-electron chi connectivity index (χ4n) is 1.92. The molecule has 5 nitrogen and oxygen atoms in total. The van der Waals surface area contributed by atoms with Gasteiger partial charge in [0.25, 0.3) is 0 Å². The van der Waals surface area contributed by atoms with Gasteiger partial charge in [0.15, 0.2) is 0 Å². The van der Waals surface area contributed by atoms with Gasteiger partial charge in [-0.2, -0.15) is 0 Å². The van der Waals surface area contributed by atoms with Crippen molar-refractivity contribution in [1.82, 2.24) is 5.32 Å². The van der Waals surface area contributed by atoms with Crippen molar-refractivity contribution in [1.29, 1.82) is 0 Å². The summed E-state index contributed by atoms with van der Waals surface area (Å²) in [6.07, 6.45) is 2.07. The third kappa shape index (κ3) is 5.23. The summed E-state index contributed by atoms with van der Waals surface area (Å²) in [7, 11) is 0.104. The number of amides is 1. The SMILES string of the molecule is COC(=O)CC1(CS(=O)C(C)C(=O)NCC(C)C)CC1. The lowest BCUT2D eigenvalue weighted by Crippen LogP contribution is -2.39. The molecule has 20 heavy (non-hydrogen) atoms. The van der Waals surface area contributed by atoms with E-state index in [1.54, 1.807) is 6.92 Å². The average molecular weight is 303 g/mol. The third-order valence-corrected chi connectivity index (χ3v) is 5.50. The van der Waals surface area contributed by atoms with Gasteiger partial charge in [0.1, 0.15) is 5.25 Å². The molecule has 2 unspecified atom stereocenters. The molecule has 6 heteroatoms. The maximum absolute atomic E-state index is 12.3. The Labute approximate surface area is 123 Å². The van der Waals surface area contributed by atoms with Crippen molar-refractivity contribution in [2.45, 2.75) is 45.3 Å². The van der Waals surface area contributed by atoms with E-state index < -0.39 is 16.0 Å². The van der Waals surface area contributed by atoms with Crippen molar-refractivity contribution < 1.29 is 18.5 Å². The molecule has 1 aliphatic rings. The van der Waals surface area contributed by atoms with Crippen molar-refractivity contribution in [3.8, 4) is 0 Å². The Hall–Kier alpha value is -0.910. The highest BCUT2D eigenvalue weighted by Gasteiger charge is 2.46. The van der Waals surface area contributed by atoms with E-state index >= 15 is 0 Å². The Morgan fingerprint density at radius 3 is 2.35 bits per heavy atom. The molecule has 1 fully saturated rings. The number of carbonyl (C=O) groups excluding carboxylic acids is 2. The highest BCUT2D eigenvalue weighted by Crippen LogP contribution is 2.49. The summed E-state index contributed by atoms with van der Waals surface area (Å²) < 4.78 is 16.9. The standard InChI is InChI=1S/C14H25NO4S/c1-10(2)8-15-13(17)11(3)20(18)9-14(5-6-14)7-12(16)19-4/h10-11H,5-9H2,1-4H3,(H,15,17). The lowest BCUT2D eigenvalue weighted by Gasteiger charge is -2.17. The van der Waals surface area contributed by atoms with Crippen LogP contribution in [0.15, 0.2) is 0 Å². The van der Waals surface area contributed by atoms with E-state index in [1.165, 1.54) is 7.11 Å². The largest absolute Gasteiger partial charge is 0.469 e. The van der Waals surface area contributed by atoms with Crippen molar-refractivity contribution in [2.24, 2.45) is 11.3 Å². The number of hydrogen-bond donors (Lipinski definition) is 1. The van der Waals surface area contributed by atoms with Crippen LogP contribution in [0.3, 0.4) is 0 Å². The molecule has 0 radical (unpaired) electrons. The second kappa shape index (κ2) is 7.20. The number of ether oxygens (including phenoxy) is 1. The molecule has 1 rings (SSSR count). The first-order chi connectivity index (χ1) is 9.29. The molecule has 2 atom stereocenters. The lowest BCUT2D eigenvalue weighted by molar-refractivity contribution is -0.141. The Bertz CT molecular complexity index is 391. The topological polar surface area (TPSA) is 72.5 Å². The zero-order chi connectivity index (χ0) is 15.3. The van der Waals surface area contributed by atoms with Crippen LogP contribution in [0.25, 0.3) is 0 Å². The first-order valence-electron chi connectivity index (χ1n) is 7.01. The van der Waals surface area contributed by atoms with E-state index in [-0.39, 0.29) is 17.3 Å². The van der Waals surface area contributed by atoms with Crippen LogP contribution in [-0.4, -0.2) is 40.7 Å². The molecule has 1 saturated carbocycles. The molecule has 1 aliphatic carbocycles. The van der Waals surface area contributed by atoms with Crippen molar-refractivity contribution in [3.63, 3.8) is 0 Å². The van der Waals surface area contributed by atoms with Crippen molar-refractivity contribution >= 4 is 22.7 Å². The molecular formula is C14H25NO4S. The van der Waals surface area contributed by atoms with E-state index in [2.05, 4.69) is 10.1 Å². The first kappa shape index (κ1) is 17.1. The number of methoxy groups -OCH3 is 1. The summed E-state index contributed by atoms with van der Waals surface area (Å²) in [6, 6.07) is 0. The molecule has 0 saturated heterocycles. The summed E-state index contributed by atoms with van der Waals surface area (Å²) in [5.74, 6) is 0.328. The summed E-state index contributed by atoms with van der Waals surface area (Å²) in [5, 5.41) is 2.26. The van der Waals surface area contributed by atoms with Gasteiger partial charge in [-0.05, 0) is 31.1 Å². The summed E-state index contributed by atoms with van der Waals surface area (Å²) in [5.41, 5.74) is -0.204. The van der Waals surface area contributed by atoms with Crippen LogP contribution in [0.1, 0.15) is 40.0 Å². The second-order valence-electron chi connectivity index (χ2n) is 6.06. The van der Waals surface area contributed by atoms with Crippen LogP contribution >= 0.6 is 0 Å². The first-order valence-corrected chi connectivity index (χ1v) is 8.39.